The number of carbonyl (C=O) groups excluding carboxylic acids is 2. The molecule has 2 rings (SSSR count). The van der Waals surface area contributed by atoms with Gasteiger partial charge in [0.05, 0.1) is 11.4 Å². The molecule has 2 N–H and O–H groups in total. The number of halogens is 3. The minimum Gasteiger partial charge on any atom is -0.457 e. The van der Waals surface area contributed by atoms with E-state index in [2.05, 4.69) is 4.74 Å². The molecule has 0 aromatic carbocycles. The van der Waals surface area contributed by atoms with Crippen LogP contribution in [-0.4, -0.2) is 52.3 Å². The molecule has 2 heterocycles. The lowest BCUT2D eigenvalue weighted by molar-refractivity contribution is -0.201. The maximum Gasteiger partial charge on any atom is 0.490 e. The highest BCUT2D eigenvalue weighted by atomic mass is 32.2. The fourth-order valence-corrected chi connectivity index (χ4v) is 3.60. The number of alkyl halides is 3. The van der Waals surface area contributed by atoms with Crippen molar-refractivity contribution in [3.05, 3.63) is 0 Å². The third-order valence-corrected chi connectivity index (χ3v) is 4.42. The van der Waals surface area contributed by atoms with E-state index in [1.54, 1.807) is 0 Å². The number of nitriles is 1. The second kappa shape index (κ2) is 4.82. The summed E-state index contributed by atoms with van der Waals surface area (Å²) in [4.78, 5) is 24.0. The summed E-state index contributed by atoms with van der Waals surface area (Å²) in [7, 11) is 0. The van der Waals surface area contributed by atoms with Crippen molar-refractivity contribution >= 4 is 23.6 Å². The first-order chi connectivity index (χ1) is 9.19. The van der Waals surface area contributed by atoms with Crippen molar-refractivity contribution in [2.75, 3.05) is 12.4 Å². The molecular weight excluding hydrogens is 299 g/mol. The van der Waals surface area contributed by atoms with Crippen LogP contribution in [0.15, 0.2) is 0 Å². The van der Waals surface area contributed by atoms with Crippen LogP contribution >= 0.6 is 11.8 Å². The highest BCUT2D eigenvalue weighted by Crippen LogP contribution is 2.41. The SMILES string of the molecule is N#C[C@@H]1CS[C@H]2C[C@](N)(COC(=O)C(F)(F)F)C(=O)N12. The fourth-order valence-electron chi connectivity index (χ4n) is 2.15. The van der Waals surface area contributed by atoms with Crippen molar-refractivity contribution in [2.24, 2.45) is 5.73 Å². The van der Waals surface area contributed by atoms with Crippen LogP contribution in [0, 0.1) is 11.3 Å². The predicted octanol–water partition coefficient (Wildman–Crippen LogP) is -0.0132. The predicted molar refractivity (Wildman–Crippen MR) is 61.0 cm³/mol. The van der Waals surface area contributed by atoms with Gasteiger partial charge in [0.25, 0.3) is 0 Å². The van der Waals surface area contributed by atoms with E-state index in [0.29, 0.717) is 5.75 Å². The van der Waals surface area contributed by atoms with Crippen LogP contribution in [0.5, 0.6) is 0 Å². The fraction of sp³-hybridized carbons (Fsp3) is 0.700. The Morgan fingerprint density at radius 1 is 1.65 bits per heavy atom. The van der Waals surface area contributed by atoms with Gasteiger partial charge in [-0.1, -0.05) is 0 Å². The van der Waals surface area contributed by atoms with Crippen molar-refractivity contribution in [1.29, 1.82) is 5.26 Å². The number of nitrogens with zero attached hydrogens (tertiary/aromatic N) is 2. The number of hydrogen-bond acceptors (Lipinski definition) is 6. The lowest BCUT2D eigenvalue weighted by atomic mass is 10.0. The Morgan fingerprint density at radius 3 is 2.85 bits per heavy atom. The molecule has 0 radical (unpaired) electrons. The van der Waals surface area contributed by atoms with Gasteiger partial charge in [-0.2, -0.15) is 18.4 Å². The van der Waals surface area contributed by atoms with Crippen molar-refractivity contribution in [3.8, 4) is 6.07 Å². The number of thioether (sulfide) groups is 1. The monoisotopic (exact) mass is 309 g/mol. The Kier molecular flexibility index (Phi) is 3.60. The standard InChI is InChI=1S/C10H10F3N3O3S/c11-10(12,13)8(18)19-4-9(15)1-6-16(7(9)17)5(2-14)3-20-6/h5-6H,1,3-4,15H2/t5-,6+,9+/m1/s1. The van der Waals surface area contributed by atoms with Crippen LogP contribution < -0.4 is 5.73 Å². The zero-order valence-electron chi connectivity index (χ0n) is 10.0. The molecule has 3 atom stereocenters. The van der Waals surface area contributed by atoms with Crippen LogP contribution in [-0.2, 0) is 14.3 Å². The first-order valence-electron chi connectivity index (χ1n) is 5.56. The van der Waals surface area contributed by atoms with Crippen LogP contribution in [0.2, 0.25) is 0 Å². The molecule has 0 unspecified atom stereocenters. The summed E-state index contributed by atoms with van der Waals surface area (Å²) >= 11 is 1.33. The van der Waals surface area contributed by atoms with Gasteiger partial charge in [-0.15, -0.1) is 11.8 Å². The Bertz CT molecular complexity index is 492. The van der Waals surface area contributed by atoms with E-state index in [1.165, 1.54) is 16.7 Å². The van der Waals surface area contributed by atoms with E-state index in [-0.39, 0.29) is 11.8 Å². The van der Waals surface area contributed by atoms with Gasteiger partial charge in [0.15, 0.2) is 0 Å². The van der Waals surface area contributed by atoms with Crippen molar-refractivity contribution < 1.29 is 27.5 Å². The molecule has 2 fully saturated rings. The van der Waals surface area contributed by atoms with Gasteiger partial charge >= 0.3 is 12.1 Å². The highest BCUT2D eigenvalue weighted by molar-refractivity contribution is 8.00. The smallest absolute Gasteiger partial charge is 0.457 e. The van der Waals surface area contributed by atoms with E-state index in [9.17, 15) is 22.8 Å². The minimum atomic E-state index is -5.13. The third kappa shape index (κ3) is 2.43. The average molecular weight is 309 g/mol. The van der Waals surface area contributed by atoms with E-state index >= 15 is 0 Å². The highest BCUT2D eigenvalue weighted by Gasteiger charge is 2.56. The van der Waals surface area contributed by atoms with Crippen molar-refractivity contribution in [1.82, 2.24) is 4.90 Å². The average Bonchev–Trinajstić information content (AvgIpc) is 2.85. The van der Waals surface area contributed by atoms with Gasteiger partial charge in [-0.05, 0) is 0 Å². The maximum atomic E-state index is 12.1. The first kappa shape index (κ1) is 14.9. The molecule has 0 aromatic rings. The lowest BCUT2D eigenvalue weighted by Crippen LogP contribution is -2.53. The van der Waals surface area contributed by atoms with Crippen LogP contribution in [0.1, 0.15) is 6.42 Å². The van der Waals surface area contributed by atoms with Crippen molar-refractivity contribution in [2.45, 2.75) is 29.6 Å². The van der Waals surface area contributed by atoms with Crippen LogP contribution in [0.25, 0.3) is 0 Å². The number of esters is 1. The second-order valence-corrected chi connectivity index (χ2v) is 5.79. The third-order valence-electron chi connectivity index (χ3n) is 3.13. The molecule has 2 saturated heterocycles. The largest absolute Gasteiger partial charge is 0.490 e. The topological polar surface area (TPSA) is 96.4 Å². The van der Waals surface area contributed by atoms with Gasteiger partial charge in [0.2, 0.25) is 5.91 Å². The van der Waals surface area contributed by atoms with E-state index in [4.69, 9.17) is 11.0 Å². The molecule has 0 bridgehead atoms. The van der Waals surface area contributed by atoms with Crippen molar-refractivity contribution in [3.63, 3.8) is 0 Å². The summed E-state index contributed by atoms with van der Waals surface area (Å²) in [6, 6.07) is 1.28. The summed E-state index contributed by atoms with van der Waals surface area (Å²) in [6.07, 6.45) is -5.09. The second-order valence-electron chi connectivity index (χ2n) is 4.58. The summed E-state index contributed by atoms with van der Waals surface area (Å²) in [6.45, 7) is -0.851. The maximum absolute atomic E-state index is 12.1. The van der Waals surface area contributed by atoms with E-state index in [0.717, 1.165) is 0 Å². The zero-order valence-corrected chi connectivity index (χ0v) is 10.8. The van der Waals surface area contributed by atoms with Gasteiger partial charge in [-0.3, -0.25) is 4.79 Å². The number of rotatable bonds is 2. The molecule has 2 aliphatic heterocycles. The number of nitrogens with two attached hydrogens (primary N) is 1. The molecule has 0 aromatic heterocycles. The molecule has 6 nitrogen and oxygen atoms in total. The quantitative estimate of drug-likeness (QED) is 0.721. The van der Waals surface area contributed by atoms with Gasteiger partial charge in [-0.25, -0.2) is 4.79 Å². The van der Waals surface area contributed by atoms with E-state index in [1.807, 2.05) is 6.07 Å². The van der Waals surface area contributed by atoms with E-state index < -0.39 is 36.2 Å². The zero-order chi connectivity index (χ0) is 15.1. The molecule has 10 heteroatoms. The number of ether oxygens (including phenoxy) is 1. The normalized spacial score (nSPS) is 33.0. The molecule has 0 saturated carbocycles. The molecule has 2 aliphatic rings. The van der Waals surface area contributed by atoms with Gasteiger partial charge in [0.1, 0.15) is 18.2 Å². The lowest BCUT2D eigenvalue weighted by Gasteiger charge is -2.23. The minimum absolute atomic E-state index is 0.0415. The number of fused-ring (bicyclic) bond motifs is 1. The summed E-state index contributed by atoms with van der Waals surface area (Å²) in [5.41, 5.74) is 4.04. The summed E-state index contributed by atoms with van der Waals surface area (Å²) in [5, 5.41) is 8.53. The van der Waals surface area contributed by atoms with Crippen LogP contribution in [0.3, 0.4) is 0 Å². The molecule has 0 spiro atoms. The molecular formula is C10H10F3N3O3S. The molecule has 110 valence electrons. The Morgan fingerprint density at radius 2 is 2.30 bits per heavy atom. The summed E-state index contributed by atoms with van der Waals surface area (Å²) in [5.74, 6) is -2.61. The number of carbonyl (C=O) groups is 2. The molecule has 0 aliphatic carbocycles. The summed E-state index contributed by atoms with van der Waals surface area (Å²) < 4.78 is 40.2. The molecule has 1 amide bonds. The number of amides is 1. The van der Waals surface area contributed by atoms with Gasteiger partial charge < -0.3 is 15.4 Å². The number of hydrogen-bond donors (Lipinski definition) is 1. The molecule has 20 heavy (non-hydrogen) atoms. The van der Waals surface area contributed by atoms with Gasteiger partial charge in [0, 0.05) is 12.2 Å². The first-order valence-corrected chi connectivity index (χ1v) is 6.61. The Labute approximate surface area is 116 Å². The Hall–Kier alpha value is -1.47. The Balaban J connectivity index is 2.05. The van der Waals surface area contributed by atoms with Crippen LogP contribution in [0.4, 0.5) is 13.2 Å².